The van der Waals surface area contributed by atoms with Gasteiger partial charge in [0.1, 0.15) is 6.07 Å². The first-order valence-electron chi connectivity index (χ1n) is 5.95. The van der Waals surface area contributed by atoms with Crippen molar-refractivity contribution in [1.29, 1.82) is 5.26 Å². The summed E-state index contributed by atoms with van der Waals surface area (Å²) in [5.41, 5.74) is 9.59. The van der Waals surface area contributed by atoms with Gasteiger partial charge in [-0.15, -0.1) is 0 Å². The molecule has 0 aliphatic rings. The molecule has 4 heteroatoms. The average molecular weight is 253 g/mol. The first kappa shape index (κ1) is 12.9. The molecule has 2 rings (SSSR count). The average Bonchev–Trinajstić information content (AvgIpc) is 2.46. The minimum absolute atomic E-state index is 0.0554. The summed E-state index contributed by atoms with van der Waals surface area (Å²) in [7, 11) is 0. The molecular formula is C15H15N3O. The Morgan fingerprint density at radius 3 is 2.37 bits per heavy atom. The molecule has 0 aromatic heterocycles. The fourth-order valence-corrected chi connectivity index (χ4v) is 1.74. The quantitative estimate of drug-likeness (QED) is 0.730. The van der Waals surface area contributed by atoms with Crippen molar-refractivity contribution in [2.24, 2.45) is 0 Å². The van der Waals surface area contributed by atoms with Gasteiger partial charge in [-0.1, -0.05) is 24.3 Å². The first-order valence-corrected chi connectivity index (χ1v) is 5.95. The monoisotopic (exact) mass is 253 g/mol. The van der Waals surface area contributed by atoms with E-state index in [1.54, 1.807) is 12.1 Å². The molecule has 0 saturated carbocycles. The van der Waals surface area contributed by atoms with Crippen LogP contribution in [0.2, 0.25) is 0 Å². The molecule has 19 heavy (non-hydrogen) atoms. The summed E-state index contributed by atoms with van der Waals surface area (Å²) in [6, 6.07) is 15.0. The third-order valence-corrected chi connectivity index (χ3v) is 2.87. The number of benzene rings is 2. The fourth-order valence-electron chi connectivity index (χ4n) is 1.74. The van der Waals surface area contributed by atoms with Crippen LogP contribution < -0.4 is 11.1 Å². The van der Waals surface area contributed by atoms with E-state index in [9.17, 15) is 0 Å². The van der Waals surface area contributed by atoms with Crippen molar-refractivity contribution in [3.05, 3.63) is 59.2 Å². The molecule has 0 amide bonds. The van der Waals surface area contributed by atoms with Gasteiger partial charge in [0, 0.05) is 12.2 Å². The zero-order chi connectivity index (χ0) is 13.7. The number of aliphatic hydroxyl groups excluding tert-OH is 1. The first-order chi connectivity index (χ1) is 9.22. The van der Waals surface area contributed by atoms with Crippen molar-refractivity contribution in [3.63, 3.8) is 0 Å². The van der Waals surface area contributed by atoms with E-state index in [4.69, 9.17) is 16.1 Å². The van der Waals surface area contributed by atoms with Gasteiger partial charge in [0.25, 0.3) is 0 Å². The van der Waals surface area contributed by atoms with Crippen LogP contribution in [-0.2, 0) is 13.2 Å². The number of nitrogens with two attached hydrogens (primary N) is 1. The zero-order valence-electron chi connectivity index (χ0n) is 10.4. The number of nitriles is 1. The van der Waals surface area contributed by atoms with Crippen LogP contribution in [0, 0.1) is 11.3 Å². The van der Waals surface area contributed by atoms with E-state index in [1.165, 1.54) is 0 Å². The summed E-state index contributed by atoms with van der Waals surface area (Å²) < 4.78 is 0. The van der Waals surface area contributed by atoms with Crippen LogP contribution in [0.1, 0.15) is 16.7 Å². The minimum atomic E-state index is 0.0554. The highest BCUT2D eigenvalue weighted by Crippen LogP contribution is 2.18. The van der Waals surface area contributed by atoms with Gasteiger partial charge >= 0.3 is 0 Å². The van der Waals surface area contributed by atoms with Crippen molar-refractivity contribution in [2.75, 3.05) is 11.1 Å². The maximum atomic E-state index is 8.96. The summed E-state index contributed by atoms with van der Waals surface area (Å²) in [5.74, 6) is 0. The lowest BCUT2D eigenvalue weighted by Gasteiger charge is -2.08. The van der Waals surface area contributed by atoms with Gasteiger partial charge in [0.05, 0.1) is 17.9 Å². The summed E-state index contributed by atoms with van der Waals surface area (Å²) in [5, 5.41) is 21.0. The Morgan fingerprint density at radius 1 is 1.11 bits per heavy atom. The second kappa shape index (κ2) is 5.89. The fraction of sp³-hybridized carbons (Fsp3) is 0.133. The molecule has 4 N–H and O–H groups in total. The normalized spacial score (nSPS) is 9.89. The molecule has 0 aliphatic carbocycles. The number of nitrogen functional groups attached to an aromatic ring is 1. The van der Waals surface area contributed by atoms with Gasteiger partial charge in [-0.05, 0) is 29.3 Å². The minimum Gasteiger partial charge on any atom is -0.398 e. The van der Waals surface area contributed by atoms with Crippen LogP contribution in [0.5, 0.6) is 0 Å². The van der Waals surface area contributed by atoms with Crippen LogP contribution in [0.25, 0.3) is 0 Å². The van der Waals surface area contributed by atoms with Gasteiger partial charge < -0.3 is 16.2 Å². The second-order valence-electron chi connectivity index (χ2n) is 4.24. The Morgan fingerprint density at radius 2 is 1.79 bits per heavy atom. The van der Waals surface area contributed by atoms with Crippen molar-refractivity contribution in [1.82, 2.24) is 0 Å². The smallest absolute Gasteiger partial charge is 0.101 e. The Hall–Kier alpha value is -2.51. The predicted octanol–water partition coefficient (Wildman–Crippen LogP) is 2.24. The van der Waals surface area contributed by atoms with E-state index in [-0.39, 0.29) is 6.61 Å². The summed E-state index contributed by atoms with van der Waals surface area (Å²) in [4.78, 5) is 0. The van der Waals surface area contributed by atoms with Crippen molar-refractivity contribution < 1.29 is 5.11 Å². The molecule has 0 heterocycles. The highest BCUT2D eigenvalue weighted by molar-refractivity contribution is 5.62. The third kappa shape index (κ3) is 3.24. The van der Waals surface area contributed by atoms with Gasteiger partial charge in [-0.3, -0.25) is 0 Å². The van der Waals surface area contributed by atoms with Gasteiger partial charge in [-0.2, -0.15) is 5.26 Å². The molecule has 2 aromatic carbocycles. The molecule has 4 nitrogen and oxygen atoms in total. The van der Waals surface area contributed by atoms with Crippen LogP contribution in [-0.4, -0.2) is 5.11 Å². The Labute approximate surface area is 112 Å². The highest BCUT2D eigenvalue weighted by atomic mass is 16.3. The lowest BCUT2D eigenvalue weighted by Crippen LogP contribution is -2.01. The molecule has 0 aliphatic heterocycles. The lowest BCUT2D eigenvalue weighted by atomic mass is 10.1. The summed E-state index contributed by atoms with van der Waals surface area (Å²) in [6.07, 6.45) is 0. The molecule has 0 atom stereocenters. The Kier molecular flexibility index (Phi) is 4.01. The standard InChI is InChI=1S/C15H15N3O/c16-8-13-5-6-14(7-15(13)17)18-9-11-1-3-12(10-19)4-2-11/h1-7,18-19H,9-10,17H2. The van der Waals surface area contributed by atoms with E-state index < -0.39 is 0 Å². The summed E-state index contributed by atoms with van der Waals surface area (Å²) >= 11 is 0. The number of hydrogen-bond donors (Lipinski definition) is 3. The lowest BCUT2D eigenvalue weighted by molar-refractivity contribution is 0.282. The SMILES string of the molecule is N#Cc1ccc(NCc2ccc(CO)cc2)cc1N. The molecule has 0 fully saturated rings. The van der Waals surface area contributed by atoms with E-state index in [2.05, 4.69) is 5.32 Å². The largest absolute Gasteiger partial charge is 0.398 e. The molecule has 0 radical (unpaired) electrons. The topological polar surface area (TPSA) is 82.1 Å². The van der Waals surface area contributed by atoms with Gasteiger partial charge in [0.2, 0.25) is 0 Å². The Bertz CT molecular complexity index is 600. The van der Waals surface area contributed by atoms with Gasteiger partial charge in [0.15, 0.2) is 0 Å². The van der Waals surface area contributed by atoms with Crippen molar-refractivity contribution in [2.45, 2.75) is 13.2 Å². The highest BCUT2D eigenvalue weighted by Gasteiger charge is 2.00. The van der Waals surface area contributed by atoms with Crippen molar-refractivity contribution in [3.8, 4) is 6.07 Å². The third-order valence-electron chi connectivity index (χ3n) is 2.87. The number of nitrogens with one attached hydrogen (secondary N) is 1. The van der Waals surface area contributed by atoms with E-state index in [0.717, 1.165) is 16.8 Å². The molecule has 0 unspecified atom stereocenters. The second-order valence-corrected chi connectivity index (χ2v) is 4.24. The summed E-state index contributed by atoms with van der Waals surface area (Å²) in [6.45, 7) is 0.719. The van der Waals surface area contributed by atoms with Crippen LogP contribution in [0.15, 0.2) is 42.5 Å². The van der Waals surface area contributed by atoms with Gasteiger partial charge in [-0.25, -0.2) is 0 Å². The number of nitrogens with zero attached hydrogens (tertiary/aromatic N) is 1. The Balaban J connectivity index is 2.02. The molecule has 2 aromatic rings. The number of hydrogen-bond acceptors (Lipinski definition) is 4. The van der Waals surface area contributed by atoms with E-state index in [1.807, 2.05) is 36.4 Å². The number of aliphatic hydroxyl groups is 1. The van der Waals surface area contributed by atoms with Crippen LogP contribution in [0.3, 0.4) is 0 Å². The van der Waals surface area contributed by atoms with E-state index >= 15 is 0 Å². The maximum absolute atomic E-state index is 8.96. The molecule has 96 valence electrons. The molecular weight excluding hydrogens is 238 g/mol. The van der Waals surface area contributed by atoms with Crippen molar-refractivity contribution >= 4 is 11.4 Å². The van der Waals surface area contributed by atoms with Crippen LogP contribution in [0.4, 0.5) is 11.4 Å². The zero-order valence-corrected chi connectivity index (χ0v) is 10.4. The maximum Gasteiger partial charge on any atom is 0.101 e. The van der Waals surface area contributed by atoms with Crippen LogP contribution >= 0.6 is 0 Å². The predicted molar refractivity (Wildman–Crippen MR) is 75.3 cm³/mol. The van der Waals surface area contributed by atoms with E-state index in [0.29, 0.717) is 17.8 Å². The molecule has 0 saturated heterocycles. The number of rotatable bonds is 4. The number of anilines is 2. The molecule has 0 bridgehead atoms. The molecule has 0 spiro atoms.